The second kappa shape index (κ2) is 5.99. The van der Waals surface area contributed by atoms with Crippen LogP contribution in [0.5, 0.6) is 0 Å². The van der Waals surface area contributed by atoms with E-state index in [1.807, 2.05) is 35.2 Å². The number of hydrogen-bond acceptors (Lipinski definition) is 4. The third-order valence-electron chi connectivity index (χ3n) is 4.82. The highest BCUT2D eigenvalue weighted by molar-refractivity contribution is 5.94. The predicted molar refractivity (Wildman–Crippen MR) is 87.5 cm³/mol. The van der Waals surface area contributed by atoms with Gasteiger partial charge in [0.2, 0.25) is 0 Å². The van der Waals surface area contributed by atoms with Crippen LogP contribution in [0, 0.1) is 0 Å². The minimum atomic E-state index is -0.221. The number of nitrogens with zero attached hydrogens (tertiary/aromatic N) is 3. The molecule has 1 aromatic rings. The molecule has 0 atom stereocenters. The van der Waals surface area contributed by atoms with Gasteiger partial charge >= 0.3 is 0 Å². The summed E-state index contributed by atoms with van der Waals surface area (Å²) in [5, 5.41) is 0. The molecule has 0 radical (unpaired) electrons. The molecule has 22 heavy (non-hydrogen) atoms. The number of nitrogens with two attached hydrogens (primary N) is 1. The average molecular weight is 302 g/mol. The fourth-order valence-electron chi connectivity index (χ4n) is 3.21. The fourth-order valence-corrected chi connectivity index (χ4v) is 3.21. The first-order valence-corrected chi connectivity index (χ1v) is 8.07. The minimum absolute atomic E-state index is 0.151. The zero-order chi connectivity index (χ0) is 15.7. The van der Waals surface area contributed by atoms with Crippen molar-refractivity contribution in [3.8, 4) is 0 Å². The lowest BCUT2D eigenvalue weighted by molar-refractivity contribution is -0.0392. The van der Waals surface area contributed by atoms with Gasteiger partial charge in [-0.2, -0.15) is 0 Å². The van der Waals surface area contributed by atoms with Gasteiger partial charge in [0.15, 0.2) is 0 Å². The lowest BCUT2D eigenvalue weighted by Crippen LogP contribution is -2.69. The third kappa shape index (κ3) is 3.16. The summed E-state index contributed by atoms with van der Waals surface area (Å²) in [5.41, 5.74) is 6.68. The number of carbonyl (C=O) groups excluding carboxylic acids is 1. The number of likely N-dealkylation sites (tertiary alicyclic amines) is 1. The predicted octanol–water partition coefficient (Wildman–Crippen LogP) is 0.823. The van der Waals surface area contributed by atoms with Gasteiger partial charge in [-0.05, 0) is 26.0 Å². The van der Waals surface area contributed by atoms with E-state index in [0.717, 1.165) is 44.8 Å². The Morgan fingerprint density at radius 1 is 1.09 bits per heavy atom. The van der Waals surface area contributed by atoms with E-state index in [4.69, 9.17) is 5.73 Å². The summed E-state index contributed by atoms with van der Waals surface area (Å²) >= 11 is 0. The van der Waals surface area contributed by atoms with Gasteiger partial charge in [-0.25, -0.2) is 0 Å². The second-order valence-electron chi connectivity index (χ2n) is 6.91. The second-order valence-corrected chi connectivity index (χ2v) is 6.91. The summed E-state index contributed by atoms with van der Waals surface area (Å²) in [6.45, 7) is 9.74. The Labute approximate surface area is 132 Å². The van der Waals surface area contributed by atoms with E-state index in [0.29, 0.717) is 6.04 Å². The molecule has 2 saturated heterocycles. The van der Waals surface area contributed by atoms with Crippen LogP contribution in [0.3, 0.4) is 0 Å². The molecule has 0 bridgehead atoms. The van der Waals surface area contributed by atoms with E-state index in [1.54, 1.807) is 0 Å². The summed E-state index contributed by atoms with van der Waals surface area (Å²) < 4.78 is 0. The van der Waals surface area contributed by atoms with Crippen molar-refractivity contribution in [1.29, 1.82) is 0 Å². The Morgan fingerprint density at radius 2 is 1.68 bits per heavy atom. The van der Waals surface area contributed by atoms with E-state index >= 15 is 0 Å². The molecule has 0 spiro atoms. The lowest BCUT2D eigenvalue weighted by atomic mass is 10.0. The van der Waals surface area contributed by atoms with Gasteiger partial charge in [0.1, 0.15) is 0 Å². The average Bonchev–Trinajstić information content (AvgIpc) is 2.45. The molecule has 3 rings (SSSR count). The Morgan fingerprint density at radius 3 is 2.23 bits per heavy atom. The number of benzene rings is 1. The van der Waals surface area contributed by atoms with Crippen LogP contribution in [-0.4, -0.2) is 71.6 Å². The van der Waals surface area contributed by atoms with E-state index in [1.165, 1.54) is 0 Å². The van der Waals surface area contributed by atoms with E-state index < -0.39 is 0 Å². The van der Waals surface area contributed by atoms with Gasteiger partial charge in [-0.3, -0.25) is 14.6 Å². The summed E-state index contributed by atoms with van der Waals surface area (Å²) in [4.78, 5) is 19.2. The highest BCUT2D eigenvalue weighted by atomic mass is 16.2. The van der Waals surface area contributed by atoms with Gasteiger partial charge in [0.05, 0.1) is 5.66 Å². The van der Waals surface area contributed by atoms with Crippen LogP contribution in [0.15, 0.2) is 30.3 Å². The molecular formula is C17H26N4O. The van der Waals surface area contributed by atoms with Gasteiger partial charge in [-0.15, -0.1) is 0 Å². The minimum Gasteiger partial charge on any atom is -0.336 e. The van der Waals surface area contributed by atoms with Gasteiger partial charge in [0.25, 0.3) is 5.91 Å². The van der Waals surface area contributed by atoms with Crippen LogP contribution >= 0.6 is 0 Å². The number of rotatable bonds is 3. The van der Waals surface area contributed by atoms with Crippen LogP contribution in [0.4, 0.5) is 0 Å². The summed E-state index contributed by atoms with van der Waals surface area (Å²) in [6, 6.07) is 10.2. The molecule has 0 aliphatic carbocycles. The van der Waals surface area contributed by atoms with Crippen molar-refractivity contribution in [2.75, 3.05) is 39.3 Å². The molecule has 0 unspecified atom stereocenters. The maximum atomic E-state index is 12.4. The SMILES string of the molecule is CC(C)(N)N1CC(N2CCN(C(=O)c3ccccc3)CC2)C1. The molecule has 5 heteroatoms. The van der Waals surface area contributed by atoms with Gasteiger partial charge in [0, 0.05) is 50.9 Å². The highest BCUT2D eigenvalue weighted by Gasteiger charge is 2.39. The molecular weight excluding hydrogens is 276 g/mol. The Bertz CT molecular complexity index is 511. The molecule has 2 heterocycles. The first kappa shape index (κ1) is 15.5. The molecule has 120 valence electrons. The molecule has 0 aromatic heterocycles. The summed E-state index contributed by atoms with van der Waals surface area (Å²) in [7, 11) is 0. The number of amides is 1. The Kier molecular flexibility index (Phi) is 4.21. The van der Waals surface area contributed by atoms with Crippen LogP contribution in [0.25, 0.3) is 0 Å². The van der Waals surface area contributed by atoms with Crippen molar-refractivity contribution in [3.05, 3.63) is 35.9 Å². The van der Waals surface area contributed by atoms with Crippen LogP contribution in [0.2, 0.25) is 0 Å². The number of hydrogen-bond donors (Lipinski definition) is 1. The molecule has 2 aliphatic rings. The molecule has 1 aromatic carbocycles. The van der Waals surface area contributed by atoms with Crippen molar-refractivity contribution in [2.45, 2.75) is 25.6 Å². The number of carbonyl (C=O) groups is 1. The molecule has 2 aliphatic heterocycles. The number of piperazine rings is 1. The molecule has 0 saturated carbocycles. The molecule has 2 N–H and O–H groups in total. The largest absolute Gasteiger partial charge is 0.336 e. The van der Waals surface area contributed by atoms with Crippen molar-refractivity contribution in [1.82, 2.24) is 14.7 Å². The molecule has 1 amide bonds. The summed E-state index contributed by atoms with van der Waals surface area (Å²) in [5.74, 6) is 0.151. The first-order chi connectivity index (χ1) is 10.4. The van der Waals surface area contributed by atoms with Crippen molar-refractivity contribution < 1.29 is 4.79 Å². The van der Waals surface area contributed by atoms with Gasteiger partial charge in [-0.1, -0.05) is 18.2 Å². The monoisotopic (exact) mass is 302 g/mol. The van der Waals surface area contributed by atoms with Crippen LogP contribution < -0.4 is 5.73 Å². The van der Waals surface area contributed by atoms with Crippen molar-refractivity contribution in [2.24, 2.45) is 5.73 Å². The van der Waals surface area contributed by atoms with E-state index in [9.17, 15) is 4.79 Å². The quantitative estimate of drug-likeness (QED) is 0.898. The van der Waals surface area contributed by atoms with Crippen LogP contribution in [-0.2, 0) is 0 Å². The van der Waals surface area contributed by atoms with E-state index in [-0.39, 0.29) is 11.6 Å². The topological polar surface area (TPSA) is 52.8 Å². The molecule has 5 nitrogen and oxygen atoms in total. The zero-order valence-corrected chi connectivity index (χ0v) is 13.5. The fraction of sp³-hybridized carbons (Fsp3) is 0.588. The normalized spacial score (nSPS) is 21.7. The summed E-state index contributed by atoms with van der Waals surface area (Å²) in [6.07, 6.45) is 0. The third-order valence-corrected chi connectivity index (χ3v) is 4.82. The van der Waals surface area contributed by atoms with Crippen LogP contribution in [0.1, 0.15) is 24.2 Å². The maximum absolute atomic E-state index is 12.4. The first-order valence-electron chi connectivity index (χ1n) is 8.07. The standard InChI is InChI=1S/C17H26N4O/c1-17(2,18)21-12-15(13-21)19-8-10-20(11-9-19)16(22)14-6-4-3-5-7-14/h3-7,15H,8-13,18H2,1-2H3. The molecule has 2 fully saturated rings. The highest BCUT2D eigenvalue weighted by Crippen LogP contribution is 2.22. The van der Waals surface area contributed by atoms with Crippen molar-refractivity contribution in [3.63, 3.8) is 0 Å². The van der Waals surface area contributed by atoms with Crippen molar-refractivity contribution >= 4 is 5.91 Å². The van der Waals surface area contributed by atoms with E-state index in [2.05, 4.69) is 23.6 Å². The Balaban J connectivity index is 1.49. The smallest absolute Gasteiger partial charge is 0.253 e. The lowest BCUT2D eigenvalue weighted by Gasteiger charge is -2.52. The van der Waals surface area contributed by atoms with Gasteiger partial charge < -0.3 is 10.6 Å². The maximum Gasteiger partial charge on any atom is 0.253 e. The Hall–Kier alpha value is -1.43. The zero-order valence-electron chi connectivity index (χ0n) is 13.5.